The van der Waals surface area contributed by atoms with Crippen LogP contribution in [0.15, 0.2) is 36.9 Å². The van der Waals surface area contributed by atoms with Crippen molar-refractivity contribution in [2.24, 2.45) is 7.05 Å². The van der Waals surface area contributed by atoms with E-state index in [1.807, 2.05) is 7.05 Å². The summed E-state index contributed by atoms with van der Waals surface area (Å²) in [6, 6.07) is 3.28. The molecule has 0 aliphatic rings. The Morgan fingerprint density at radius 1 is 1.22 bits per heavy atom. The molecule has 0 aliphatic carbocycles. The number of aromatic nitrogens is 5. The highest BCUT2D eigenvalue weighted by molar-refractivity contribution is 7.15. The van der Waals surface area contributed by atoms with Gasteiger partial charge in [0.25, 0.3) is 5.91 Å². The highest BCUT2D eigenvalue weighted by Gasteiger charge is 2.33. The lowest BCUT2D eigenvalue weighted by Gasteiger charge is -2.11. The molecule has 166 valence electrons. The van der Waals surface area contributed by atoms with Gasteiger partial charge < -0.3 is 15.2 Å². The molecule has 0 bridgehead atoms. The van der Waals surface area contributed by atoms with Crippen molar-refractivity contribution in [3.05, 3.63) is 58.3 Å². The molecule has 8 nitrogen and oxygen atoms in total. The number of alkyl halides is 3. The Morgan fingerprint density at radius 3 is 2.72 bits per heavy atom. The zero-order chi connectivity index (χ0) is 23.0. The molecule has 0 aliphatic heterocycles. The van der Waals surface area contributed by atoms with Crippen molar-refractivity contribution in [1.29, 1.82) is 0 Å². The molecule has 2 N–H and O–H groups in total. The number of carbonyl (C=O) groups excluding carboxylic acids is 1. The van der Waals surface area contributed by atoms with Gasteiger partial charge in [-0.1, -0.05) is 22.9 Å². The summed E-state index contributed by atoms with van der Waals surface area (Å²) in [7, 11) is 1.82. The smallest absolute Gasteiger partial charge is 0.343 e. The largest absolute Gasteiger partial charge is 0.433 e. The zero-order valence-electron chi connectivity index (χ0n) is 16.6. The van der Waals surface area contributed by atoms with Crippen molar-refractivity contribution in [3.8, 4) is 0 Å². The number of thiazole rings is 1. The minimum absolute atomic E-state index is 0.186. The Balaban J connectivity index is 1.44. The predicted octanol–water partition coefficient (Wildman–Crippen LogP) is 4.73. The highest BCUT2D eigenvalue weighted by atomic mass is 35.5. The summed E-state index contributed by atoms with van der Waals surface area (Å²) in [6.45, 7) is 1.78. The normalized spacial score (nSPS) is 12.7. The van der Waals surface area contributed by atoms with E-state index in [1.54, 1.807) is 30.1 Å². The maximum absolute atomic E-state index is 12.7. The summed E-state index contributed by atoms with van der Waals surface area (Å²) in [5.41, 5.74) is 0.822. The molecular formula is C19H15ClF3N7OS. The van der Waals surface area contributed by atoms with Crippen molar-refractivity contribution < 1.29 is 18.0 Å². The molecule has 0 saturated carbocycles. The van der Waals surface area contributed by atoms with Crippen molar-refractivity contribution in [2.75, 3.05) is 5.32 Å². The third kappa shape index (κ3) is 4.50. The van der Waals surface area contributed by atoms with E-state index in [9.17, 15) is 18.0 Å². The van der Waals surface area contributed by atoms with E-state index in [4.69, 9.17) is 11.6 Å². The molecule has 4 aromatic heterocycles. The van der Waals surface area contributed by atoms with E-state index in [1.165, 1.54) is 23.6 Å². The van der Waals surface area contributed by atoms with E-state index in [2.05, 4.69) is 30.6 Å². The van der Waals surface area contributed by atoms with Gasteiger partial charge in [-0.25, -0.2) is 19.9 Å². The fraction of sp³-hybridized carbons (Fsp3) is 0.211. The van der Waals surface area contributed by atoms with Gasteiger partial charge >= 0.3 is 6.18 Å². The number of halogens is 4. The summed E-state index contributed by atoms with van der Waals surface area (Å²) in [5, 5.41) is 5.76. The van der Waals surface area contributed by atoms with Crippen LogP contribution in [0.1, 0.15) is 34.0 Å². The standard InChI is InChI=1S/C19H15ClF3N7OS/c1-9(27-17(31)11-5-13-12(6-24-11)26-8-30(13)2)14-7-25-18(32-14)28-10-3-4-15(19(21,22)23)29-16(10)20/h3-9H,1-2H3,(H,25,28)(H,27,31). The van der Waals surface area contributed by atoms with Crippen molar-refractivity contribution >= 4 is 50.7 Å². The van der Waals surface area contributed by atoms with Crippen LogP contribution in [0.5, 0.6) is 0 Å². The lowest BCUT2D eigenvalue weighted by atomic mass is 10.2. The van der Waals surface area contributed by atoms with E-state index in [0.29, 0.717) is 10.6 Å². The van der Waals surface area contributed by atoms with Crippen molar-refractivity contribution in [1.82, 2.24) is 29.8 Å². The minimum Gasteiger partial charge on any atom is -0.343 e. The fourth-order valence-corrected chi connectivity index (χ4v) is 3.87. The van der Waals surface area contributed by atoms with E-state index >= 15 is 0 Å². The minimum atomic E-state index is -4.58. The Morgan fingerprint density at radius 2 is 2.00 bits per heavy atom. The summed E-state index contributed by atoms with van der Waals surface area (Å²) in [4.78, 5) is 29.2. The van der Waals surface area contributed by atoms with Crippen molar-refractivity contribution in [3.63, 3.8) is 0 Å². The van der Waals surface area contributed by atoms with E-state index < -0.39 is 11.9 Å². The quantitative estimate of drug-likeness (QED) is 0.400. The number of fused-ring (bicyclic) bond motifs is 1. The number of hydrogen-bond donors (Lipinski definition) is 2. The molecule has 0 aromatic carbocycles. The Labute approximate surface area is 188 Å². The van der Waals surface area contributed by atoms with Gasteiger partial charge in [-0.2, -0.15) is 13.2 Å². The second kappa shape index (κ2) is 8.36. The molecule has 4 aromatic rings. The van der Waals surface area contributed by atoms with Gasteiger partial charge in [0.05, 0.1) is 29.8 Å². The number of pyridine rings is 2. The van der Waals surface area contributed by atoms with Crippen LogP contribution in [-0.2, 0) is 13.2 Å². The number of imidazole rings is 1. The molecule has 13 heteroatoms. The third-order valence-corrected chi connectivity index (χ3v) is 5.91. The average Bonchev–Trinajstić information content (AvgIpc) is 3.35. The fourth-order valence-electron chi connectivity index (χ4n) is 2.84. The Bertz CT molecular complexity index is 1300. The van der Waals surface area contributed by atoms with E-state index in [0.717, 1.165) is 16.5 Å². The molecule has 1 unspecified atom stereocenters. The summed E-state index contributed by atoms with van der Waals surface area (Å²) in [6.07, 6.45) is 0.147. The molecule has 32 heavy (non-hydrogen) atoms. The topological polar surface area (TPSA) is 97.6 Å². The zero-order valence-corrected chi connectivity index (χ0v) is 18.2. The first-order chi connectivity index (χ1) is 15.1. The second-order valence-corrected chi connectivity index (χ2v) is 8.25. The molecule has 4 heterocycles. The average molecular weight is 482 g/mol. The van der Waals surface area contributed by atoms with Crippen LogP contribution in [-0.4, -0.2) is 30.4 Å². The monoisotopic (exact) mass is 481 g/mol. The highest BCUT2D eigenvalue weighted by Crippen LogP contribution is 2.33. The molecule has 0 fully saturated rings. The van der Waals surface area contributed by atoms with Gasteiger partial charge in [0.15, 0.2) is 10.3 Å². The second-order valence-electron chi connectivity index (χ2n) is 6.83. The predicted molar refractivity (Wildman–Crippen MR) is 114 cm³/mol. The van der Waals surface area contributed by atoms with Crippen LogP contribution < -0.4 is 10.6 Å². The number of hydrogen-bond acceptors (Lipinski definition) is 7. The maximum Gasteiger partial charge on any atom is 0.433 e. The first kappa shape index (κ1) is 22.0. The van der Waals surface area contributed by atoms with Crippen LogP contribution >= 0.6 is 22.9 Å². The molecule has 0 spiro atoms. The summed E-state index contributed by atoms with van der Waals surface area (Å²) in [5.74, 6) is -0.363. The van der Waals surface area contributed by atoms with E-state index in [-0.39, 0.29) is 28.5 Å². The lowest BCUT2D eigenvalue weighted by Crippen LogP contribution is -2.26. The maximum atomic E-state index is 12.7. The van der Waals surface area contributed by atoms with Crippen LogP contribution in [0.4, 0.5) is 24.0 Å². The lowest BCUT2D eigenvalue weighted by molar-refractivity contribution is -0.141. The van der Waals surface area contributed by atoms with Gasteiger partial charge in [-0.15, -0.1) is 0 Å². The van der Waals surface area contributed by atoms with Crippen LogP contribution in [0.3, 0.4) is 0 Å². The Kier molecular flexibility index (Phi) is 5.73. The van der Waals surface area contributed by atoms with Gasteiger partial charge in [0.2, 0.25) is 0 Å². The molecule has 0 saturated heterocycles. The molecule has 1 amide bonds. The van der Waals surface area contributed by atoms with Gasteiger partial charge in [-0.05, 0) is 25.1 Å². The number of carbonyl (C=O) groups is 1. The number of nitrogens with one attached hydrogen (secondary N) is 2. The Hall–Kier alpha value is -3.25. The molecule has 1 atom stereocenters. The van der Waals surface area contributed by atoms with Crippen LogP contribution in [0.25, 0.3) is 11.0 Å². The number of anilines is 2. The number of aryl methyl sites for hydroxylation is 1. The SMILES string of the molecule is CC(NC(=O)c1cc2c(cn1)ncn2C)c1cnc(Nc2ccc(C(F)(F)F)nc2Cl)s1. The summed E-state index contributed by atoms with van der Waals surface area (Å²) >= 11 is 7.09. The number of nitrogens with zero attached hydrogens (tertiary/aromatic N) is 5. The van der Waals surface area contributed by atoms with Gasteiger partial charge in [0.1, 0.15) is 16.9 Å². The first-order valence-corrected chi connectivity index (χ1v) is 10.4. The first-order valence-electron chi connectivity index (χ1n) is 9.16. The molecular weight excluding hydrogens is 467 g/mol. The number of rotatable bonds is 5. The number of amides is 1. The van der Waals surface area contributed by atoms with Crippen LogP contribution in [0, 0.1) is 0 Å². The third-order valence-electron chi connectivity index (χ3n) is 4.52. The molecule has 4 rings (SSSR count). The van der Waals surface area contributed by atoms with Gasteiger partial charge in [-0.3, -0.25) is 4.79 Å². The van der Waals surface area contributed by atoms with Gasteiger partial charge in [0, 0.05) is 18.1 Å². The molecule has 0 radical (unpaired) electrons. The summed E-state index contributed by atoms with van der Waals surface area (Å²) < 4.78 is 40.0. The van der Waals surface area contributed by atoms with Crippen molar-refractivity contribution in [2.45, 2.75) is 19.1 Å². The van der Waals surface area contributed by atoms with Crippen LogP contribution in [0.2, 0.25) is 5.15 Å².